The van der Waals surface area contributed by atoms with Gasteiger partial charge in [-0.15, -0.1) is 0 Å². The van der Waals surface area contributed by atoms with Gasteiger partial charge in [0.05, 0.1) is 11.8 Å². The number of aromatic amines is 1. The maximum atomic E-state index is 9.25. The molecule has 0 spiro atoms. The third kappa shape index (κ3) is 2.33. The molecular formula is C14H10N6. The molecule has 0 bridgehead atoms. The molecule has 0 aliphatic carbocycles. The predicted octanol–water partition coefficient (Wildman–Crippen LogP) is 2.48. The Morgan fingerprint density at radius 2 is 1.95 bits per heavy atom. The van der Waals surface area contributed by atoms with Gasteiger partial charge in [-0.1, -0.05) is 0 Å². The average Bonchev–Trinajstić information content (AvgIpc) is 3.01. The van der Waals surface area contributed by atoms with Crippen LogP contribution in [0.1, 0.15) is 5.56 Å². The van der Waals surface area contributed by atoms with Gasteiger partial charge in [0.15, 0.2) is 0 Å². The first kappa shape index (κ1) is 11.9. The minimum atomic E-state index is 0.467. The van der Waals surface area contributed by atoms with Crippen LogP contribution >= 0.6 is 0 Å². The molecule has 0 aliphatic rings. The summed E-state index contributed by atoms with van der Waals surface area (Å²) in [4.78, 5) is 8.27. The Morgan fingerprint density at radius 3 is 2.65 bits per heavy atom. The molecule has 20 heavy (non-hydrogen) atoms. The summed E-state index contributed by atoms with van der Waals surface area (Å²) >= 11 is 0. The SMILES string of the molecule is N#Cc1cc(-c2ccncc2)cnc1Nc1ccn[nH]1. The van der Waals surface area contributed by atoms with E-state index in [1.54, 1.807) is 36.9 Å². The van der Waals surface area contributed by atoms with Crippen molar-refractivity contribution in [3.8, 4) is 17.2 Å². The summed E-state index contributed by atoms with van der Waals surface area (Å²) in [6.07, 6.45) is 6.75. The Kier molecular flexibility index (Phi) is 3.08. The first-order valence-corrected chi connectivity index (χ1v) is 5.94. The molecule has 6 nitrogen and oxygen atoms in total. The highest BCUT2D eigenvalue weighted by atomic mass is 15.2. The van der Waals surface area contributed by atoms with Crippen molar-refractivity contribution in [3.05, 3.63) is 54.6 Å². The lowest BCUT2D eigenvalue weighted by Crippen LogP contribution is -1.98. The maximum Gasteiger partial charge on any atom is 0.149 e. The molecule has 6 heteroatoms. The number of hydrogen-bond acceptors (Lipinski definition) is 5. The minimum absolute atomic E-state index is 0.467. The molecule has 3 aromatic heterocycles. The molecule has 3 rings (SSSR count). The van der Waals surface area contributed by atoms with Crippen molar-refractivity contribution >= 4 is 11.6 Å². The number of nitrogens with one attached hydrogen (secondary N) is 2. The lowest BCUT2D eigenvalue weighted by Gasteiger charge is -2.07. The highest BCUT2D eigenvalue weighted by molar-refractivity contribution is 5.69. The molecule has 0 atom stereocenters. The predicted molar refractivity (Wildman–Crippen MR) is 74.1 cm³/mol. The van der Waals surface area contributed by atoms with Crippen molar-refractivity contribution < 1.29 is 0 Å². The van der Waals surface area contributed by atoms with Gasteiger partial charge in [-0.3, -0.25) is 10.1 Å². The lowest BCUT2D eigenvalue weighted by atomic mass is 10.1. The van der Waals surface area contributed by atoms with Crippen LogP contribution < -0.4 is 5.32 Å². The fraction of sp³-hybridized carbons (Fsp3) is 0. The van der Waals surface area contributed by atoms with E-state index in [9.17, 15) is 5.26 Å². The van der Waals surface area contributed by atoms with E-state index < -0.39 is 0 Å². The second-order valence-electron chi connectivity index (χ2n) is 4.06. The van der Waals surface area contributed by atoms with Crippen molar-refractivity contribution in [3.63, 3.8) is 0 Å². The van der Waals surface area contributed by atoms with Crippen LogP contribution in [-0.2, 0) is 0 Å². The molecule has 96 valence electrons. The van der Waals surface area contributed by atoms with E-state index in [1.807, 2.05) is 12.1 Å². The molecule has 0 saturated heterocycles. The standard InChI is InChI=1S/C14H10N6/c15-8-11-7-12(10-1-4-16-5-2-10)9-17-14(11)19-13-3-6-18-20-13/h1-7,9H,(H2,17,18,19,20). The van der Waals surface area contributed by atoms with Gasteiger partial charge in [0.2, 0.25) is 0 Å². The highest BCUT2D eigenvalue weighted by Crippen LogP contribution is 2.23. The van der Waals surface area contributed by atoms with Crippen LogP contribution in [0.25, 0.3) is 11.1 Å². The molecule has 0 fully saturated rings. The molecule has 3 heterocycles. The van der Waals surface area contributed by atoms with E-state index in [2.05, 4.69) is 31.6 Å². The summed E-state index contributed by atoms with van der Waals surface area (Å²) in [5, 5.41) is 18.9. The second-order valence-corrected chi connectivity index (χ2v) is 4.06. The van der Waals surface area contributed by atoms with Gasteiger partial charge in [-0.05, 0) is 23.8 Å². The fourth-order valence-corrected chi connectivity index (χ4v) is 1.80. The maximum absolute atomic E-state index is 9.25. The minimum Gasteiger partial charge on any atom is -0.324 e. The number of H-pyrrole nitrogens is 1. The molecule has 0 radical (unpaired) electrons. The van der Waals surface area contributed by atoms with Crippen LogP contribution in [0.5, 0.6) is 0 Å². The van der Waals surface area contributed by atoms with Crippen molar-refractivity contribution in [2.24, 2.45) is 0 Å². The number of nitrogens with zero attached hydrogens (tertiary/aromatic N) is 4. The molecule has 0 unspecified atom stereocenters. The smallest absolute Gasteiger partial charge is 0.149 e. The molecule has 2 N–H and O–H groups in total. The van der Waals surface area contributed by atoms with Crippen LogP contribution in [0, 0.1) is 11.3 Å². The van der Waals surface area contributed by atoms with E-state index >= 15 is 0 Å². The molecule has 3 aromatic rings. The third-order valence-corrected chi connectivity index (χ3v) is 2.78. The monoisotopic (exact) mass is 262 g/mol. The Bertz CT molecular complexity index is 743. The van der Waals surface area contributed by atoms with E-state index in [0.717, 1.165) is 11.1 Å². The van der Waals surface area contributed by atoms with E-state index in [-0.39, 0.29) is 0 Å². The van der Waals surface area contributed by atoms with Gasteiger partial charge in [0, 0.05) is 30.2 Å². The molecule has 0 saturated carbocycles. The van der Waals surface area contributed by atoms with E-state index in [1.165, 1.54) is 0 Å². The van der Waals surface area contributed by atoms with Crippen LogP contribution in [0.15, 0.2) is 49.1 Å². The fourth-order valence-electron chi connectivity index (χ4n) is 1.80. The Hall–Kier alpha value is -3.20. The molecular weight excluding hydrogens is 252 g/mol. The van der Waals surface area contributed by atoms with Gasteiger partial charge in [-0.2, -0.15) is 10.4 Å². The van der Waals surface area contributed by atoms with Crippen LogP contribution in [0.3, 0.4) is 0 Å². The van der Waals surface area contributed by atoms with Crippen LogP contribution in [0.2, 0.25) is 0 Å². The number of aromatic nitrogens is 4. The quantitative estimate of drug-likeness (QED) is 0.756. The summed E-state index contributed by atoms with van der Waals surface area (Å²) < 4.78 is 0. The van der Waals surface area contributed by atoms with Gasteiger partial charge in [0.1, 0.15) is 17.7 Å². The average molecular weight is 262 g/mol. The second kappa shape index (κ2) is 5.20. The number of anilines is 2. The van der Waals surface area contributed by atoms with Gasteiger partial charge in [-0.25, -0.2) is 4.98 Å². The molecule has 0 amide bonds. The van der Waals surface area contributed by atoms with Crippen LogP contribution in [-0.4, -0.2) is 20.2 Å². The zero-order chi connectivity index (χ0) is 13.8. The van der Waals surface area contributed by atoms with Crippen LogP contribution in [0.4, 0.5) is 11.6 Å². The number of nitriles is 1. The first-order valence-electron chi connectivity index (χ1n) is 5.94. The highest BCUT2D eigenvalue weighted by Gasteiger charge is 2.07. The number of pyridine rings is 2. The van der Waals surface area contributed by atoms with Gasteiger partial charge in [0.25, 0.3) is 0 Å². The van der Waals surface area contributed by atoms with Crippen molar-refractivity contribution in [2.75, 3.05) is 5.32 Å². The third-order valence-electron chi connectivity index (χ3n) is 2.78. The van der Waals surface area contributed by atoms with Crippen molar-refractivity contribution in [1.29, 1.82) is 5.26 Å². The van der Waals surface area contributed by atoms with Gasteiger partial charge < -0.3 is 5.32 Å². The van der Waals surface area contributed by atoms with Crippen molar-refractivity contribution in [2.45, 2.75) is 0 Å². The first-order chi connectivity index (χ1) is 9.86. The summed E-state index contributed by atoms with van der Waals surface area (Å²) in [7, 11) is 0. The van der Waals surface area contributed by atoms with Gasteiger partial charge >= 0.3 is 0 Å². The largest absolute Gasteiger partial charge is 0.324 e. The summed E-state index contributed by atoms with van der Waals surface area (Å²) in [6, 6.07) is 9.45. The topological polar surface area (TPSA) is 90.3 Å². The number of rotatable bonds is 3. The van der Waals surface area contributed by atoms with E-state index in [0.29, 0.717) is 17.2 Å². The Balaban J connectivity index is 1.97. The summed E-state index contributed by atoms with van der Waals surface area (Å²) in [5.41, 5.74) is 2.31. The Labute approximate surface area is 115 Å². The normalized spacial score (nSPS) is 9.95. The molecule has 0 aliphatic heterocycles. The Morgan fingerprint density at radius 1 is 1.10 bits per heavy atom. The zero-order valence-corrected chi connectivity index (χ0v) is 10.4. The number of hydrogen-bond donors (Lipinski definition) is 2. The molecule has 0 aromatic carbocycles. The lowest BCUT2D eigenvalue weighted by molar-refractivity contribution is 1.09. The van der Waals surface area contributed by atoms with Crippen molar-refractivity contribution in [1.82, 2.24) is 20.2 Å². The summed E-state index contributed by atoms with van der Waals surface area (Å²) in [5.74, 6) is 1.18. The zero-order valence-electron chi connectivity index (χ0n) is 10.4. The van der Waals surface area contributed by atoms with E-state index in [4.69, 9.17) is 0 Å². The summed E-state index contributed by atoms with van der Waals surface area (Å²) in [6.45, 7) is 0.